The minimum atomic E-state index is -4.58. The highest BCUT2D eigenvalue weighted by molar-refractivity contribution is 7.45. The van der Waals surface area contributed by atoms with Crippen molar-refractivity contribution in [3.8, 4) is 0 Å². The van der Waals surface area contributed by atoms with Crippen LogP contribution in [0.15, 0.2) is 60.8 Å². The predicted molar refractivity (Wildman–Crippen MR) is 201 cm³/mol. The first kappa shape index (κ1) is 46.2. The van der Waals surface area contributed by atoms with Crippen molar-refractivity contribution in [3.05, 3.63) is 60.8 Å². The molecule has 0 aromatic rings. The lowest BCUT2D eigenvalue weighted by Crippen LogP contribution is -2.45. The Morgan fingerprint density at radius 2 is 1.27 bits per heavy atom. The predicted octanol–water partition coefficient (Wildman–Crippen LogP) is 8.88. The summed E-state index contributed by atoms with van der Waals surface area (Å²) in [6.07, 6.45) is 38.4. The van der Waals surface area contributed by atoms with Crippen LogP contribution in [0.1, 0.15) is 129 Å². The molecule has 0 aromatic carbocycles. The van der Waals surface area contributed by atoms with Crippen LogP contribution in [0, 0.1) is 0 Å². The molecule has 0 saturated heterocycles. The monoisotopic (exact) mass is 695 g/mol. The van der Waals surface area contributed by atoms with Gasteiger partial charge in [-0.1, -0.05) is 126 Å². The fraction of sp³-hybridized carbons (Fsp3) is 0.718. The van der Waals surface area contributed by atoms with Crippen LogP contribution in [0.4, 0.5) is 0 Å². The zero-order chi connectivity index (χ0) is 35.8. The lowest BCUT2D eigenvalue weighted by molar-refractivity contribution is -0.870. The maximum absolute atomic E-state index is 12.7. The van der Waals surface area contributed by atoms with Gasteiger partial charge in [0.25, 0.3) is 7.82 Å². The van der Waals surface area contributed by atoms with Crippen molar-refractivity contribution in [2.45, 2.75) is 142 Å². The lowest BCUT2D eigenvalue weighted by atomic mass is 10.1. The van der Waals surface area contributed by atoms with Crippen molar-refractivity contribution >= 4 is 13.7 Å². The first-order valence-corrected chi connectivity index (χ1v) is 20.1. The third kappa shape index (κ3) is 32.7. The molecule has 0 heterocycles. The number of allylic oxidation sites excluding steroid dienone is 9. The van der Waals surface area contributed by atoms with E-state index in [0.717, 1.165) is 77.0 Å². The third-order valence-corrected chi connectivity index (χ3v) is 8.70. The number of amides is 1. The molecular weight excluding hydrogens is 623 g/mol. The number of rotatable bonds is 32. The van der Waals surface area contributed by atoms with E-state index >= 15 is 0 Å². The second-order valence-corrected chi connectivity index (χ2v) is 15.0. The minimum absolute atomic E-state index is 0.00944. The van der Waals surface area contributed by atoms with Gasteiger partial charge in [0, 0.05) is 6.42 Å². The van der Waals surface area contributed by atoms with Crippen LogP contribution in [0.5, 0.6) is 0 Å². The zero-order valence-electron chi connectivity index (χ0n) is 31.2. The van der Waals surface area contributed by atoms with E-state index in [1.54, 1.807) is 6.08 Å². The van der Waals surface area contributed by atoms with Crippen molar-refractivity contribution in [2.75, 3.05) is 40.9 Å². The van der Waals surface area contributed by atoms with Crippen LogP contribution in [0.2, 0.25) is 0 Å². The standard InChI is InChI=1S/C39H71N2O6P/c1-6-8-10-12-14-16-17-18-19-20-21-22-23-25-27-29-31-33-39(43)40-37(36-47-48(44,45)46-35-34-41(3,4)5)38(42)32-30-28-26-24-15-13-11-9-7-2/h8,10,14,16,18-19,21-22,30,32,37-38,42H,6-7,9,11-13,15,17,20,23-29,31,33-36H2,1-5H3,(H-,40,43,44,45)/b10-8-,16-14-,19-18-,22-21-,32-30+. The summed E-state index contributed by atoms with van der Waals surface area (Å²) in [4.78, 5) is 25.1. The number of nitrogens with zero attached hydrogens (tertiary/aromatic N) is 1. The Bertz CT molecular complexity index is 970. The highest BCUT2D eigenvalue weighted by Gasteiger charge is 2.23. The van der Waals surface area contributed by atoms with Gasteiger partial charge < -0.3 is 28.8 Å². The van der Waals surface area contributed by atoms with Crippen molar-refractivity contribution in [3.63, 3.8) is 0 Å². The summed E-state index contributed by atoms with van der Waals surface area (Å²) in [5.74, 6) is -0.228. The maximum atomic E-state index is 12.7. The fourth-order valence-electron chi connectivity index (χ4n) is 4.73. The molecule has 8 nitrogen and oxygen atoms in total. The number of hydrogen-bond acceptors (Lipinski definition) is 6. The number of unbranched alkanes of at least 4 members (excludes halogenated alkanes) is 11. The highest BCUT2D eigenvalue weighted by atomic mass is 31.2. The molecule has 0 rings (SSSR count). The molecule has 1 amide bonds. The molecule has 3 atom stereocenters. The lowest BCUT2D eigenvalue weighted by Gasteiger charge is -2.29. The van der Waals surface area contributed by atoms with E-state index in [1.165, 1.54) is 32.1 Å². The molecular formula is C39H71N2O6P. The van der Waals surface area contributed by atoms with Gasteiger partial charge in [-0.2, -0.15) is 0 Å². The van der Waals surface area contributed by atoms with Crippen LogP contribution in [-0.4, -0.2) is 68.5 Å². The summed E-state index contributed by atoms with van der Waals surface area (Å²) in [5, 5.41) is 13.6. The van der Waals surface area contributed by atoms with Crippen molar-refractivity contribution in [1.82, 2.24) is 5.32 Å². The topological polar surface area (TPSA) is 108 Å². The first-order chi connectivity index (χ1) is 23.0. The van der Waals surface area contributed by atoms with Crippen LogP contribution >= 0.6 is 7.82 Å². The number of quaternary nitrogens is 1. The second kappa shape index (κ2) is 31.2. The summed E-state index contributed by atoms with van der Waals surface area (Å²) in [5.41, 5.74) is 0. The van der Waals surface area contributed by atoms with Gasteiger partial charge in [-0.25, -0.2) is 0 Å². The molecule has 2 N–H and O–H groups in total. The van der Waals surface area contributed by atoms with Crippen LogP contribution < -0.4 is 10.2 Å². The third-order valence-electron chi connectivity index (χ3n) is 7.73. The fourth-order valence-corrected chi connectivity index (χ4v) is 5.45. The molecule has 0 aliphatic rings. The molecule has 0 aromatic heterocycles. The number of phosphoric acid groups is 1. The quantitative estimate of drug-likeness (QED) is 0.0315. The van der Waals surface area contributed by atoms with Gasteiger partial charge in [-0.15, -0.1) is 0 Å². The van der Waals surface area contributed by atoms with Gasteiger partial charge in [0.15, 0.2) is 0 Å². The molecule has 0 radical (unpaired) electrons. The van der Waals surface area contributed by atoms with Gasteiger partial charge in [-0.3, -0.25) is 9.36 Å². The molecule has 0 aliphatic carbocycles. The smallest absolute Gasteiger partial charge is 0.268 e. The van der Waals surface area contributed by atoms with E-state index in [2.05, 4.69) is 67.8 Å². The van der Waals surface area contributed by atoms with Crippen LogP contribution in [0.3, 0.4) is 0 Å². The number of likely N-dealkylation sites (N-methyl/N-ethyl adjacent to an activating group) is 1. The number of phosphoric ester groups is 1. The van der Waals surface area contributed by atoms with E-state index in [0.29, 0.717) is 17.4 Å². The molecule has 0 saturated carbocycles. The summed E-state index contributed by atoms with van der Waals surface area (Å²) in [7, 11) is 1.23. The number of aliphatic hydroxyl groups is 1. The number of nitrogens with one attached hydrogen (secondary N) is 1. The SMILES string of the molecule is CC/C=C\C/C=C\C/C=C\C/C=C\CCCCCCC(=O)NC(COP(=O)([O-])OCC[N+](C)(C)C)C(O)/C=C/CCCCCCCCC. The number of carbonyl (C=O) groups excluding carboxylic acids is 1. The number of hydrogen-bond donors (Lipinski definition) is 2. The van der Waals surface area contributed by atoms with Gasteiger partial charge in [0.05, 0.1) is 39.9 Å². The highest BCUT2D eigenvalue weighted by Crippen LogP contribution is 2.38. The van der Waals surface area contributed by atoms with Gasteiger partial charge in [0.2, 0.25) is 5.91 Å². The van der Waals surface area contributed by atoms with E-state index in [1.807, 2.05) is 27.2 Å². The molecule has 3 unspecified atom stereocenters. The molecule has 0 bridgehead atoms. The Labute approximate surface area is 294 Å². The molecule has 0 fully saturated rings. The zero-order valence-corrected chi connectivity index (χ0v) is 32.1. The maximum Gasteiger partial charge on any atom is 0.268 e. The van der Waals surface area contributed by atoms with Crippen molar-refractivity contribution in [2.24, 2.45) is 0 Å². The Morgan fingerprint density at radius 1 is 0.750 bits per heavy atom. The van der Waals surface area contributed by atoms with E-state index in [9.17, 15) is 19.4 Å². The average molecular weight is 695 g/mol. The normalized spacial score (nSPS) is 15.4. The Morgan fingerprint density at radius 3 is 1.85 bits per heavy atom. The molecule has 0 aliphatic heterocycles. The van der Waals surface area contributed by atoms with Gasteiger partial charge in [-0.05, 0) is 57.8 Å². The Hall–Kier alpha value is -1.80. The Kier molecular flexibility index (Phi) is 30.0. The first-order valence-electron chi connectivity index (χ1n) is 18.7. The second-order valence-electron chi connectivity index (χ2n) is 13.5. The van der Waals surface area contributed by atoms with Crippen LogP contribution in [-0.2, 0) is 18.4 Å². The number of aliphatic hydroxyl groups excluding tert-OH is 1. The summed E-state index contributed by atoms with van der Waals surface area (Å²) >= 11 is 0. The van der Waals surface area contributed by atoms with Gasteiger partial charge in [0.1, 0.15) is 13.2 Å². The van der Waals surface area contributed by atoms with E-state index in [-0.39, 0.29) is 12.5 Å². The minimum Gasteiger partial charge on any atom is -0.756 e. The number of carbonyl (C=O) groups is 1. The summed E-state index contributed by atoms with van der Waals surface area (Å²) in [6.45, 7) is 4.44. The molecule has 48 heavy (non-hydrogen) atoms. The molecule has 0 spiro atoms. The summed E-state index contributed by atoms with van der Waals surface area (Å²) < 4.78 is 23.0. The molecule has 278 valence electrons. The Balaban J connectivity index is 4.55. The average Bonchev–Trinajstić information content (AvgIpc) is 3.02. The van der Waals surface area contributed by atoms with Crippen molar-refractivity contribution < 1.29 is 32.9 Å². The molecule has 9 heteroatoms. The van der Waals surface area contributed by atoms with E-state index < -0.39 is 26.6 Å². The van der Waals surface area contributed by atoms with Gasteiger partial charge >= 0.3 is 0 Å². The largest absolute Gasteiger partial charge is 0.756 e. The van der Waals surface area contributed by atoms with E-state index in [4.69, 9.17) is 9.05 Å². The summed E-state index contributed by atoms with van der Waals surface area (Å²) in [6, 6.07) is -0.898. The van der Waals surface area contributed by atoms with Crippen molar-refractivity contribution in [1.29, 1.82) is 0 Å². The van der Waals surface area contributed by atoms with Crippen LogP contribution in [0.25, 0.3) is 0 Å².